The molecule has 1 atom stereocenters. The zero-order valence-corrected chi connectivity index (χ0v) is 18.6. The minimum Gasteiger partial charge on any atom is -0.379 e. The summed E-state index contributed by atoms with van der Waals surface area (Å²) in [6, 6.07) is 6.56. The van der Waals surface area contributed by atoms with E-state index in [1.165, 1.54) is 0 Å². The number of hydrogen-bond acceptors (Lipinski definition) is 6. The quantitative estimate of drug-likeness (QED) is 0.580. The first kappa shape index (κ1) is 25.9. The predicted octanol–water partition coefficient (Wildman–Crippen LogP) is 1.43. The number of morpholine rings is 1. The van der Waals surface area contributed by atoms with Gasteiger partial charge in [0, 0.05) is 43.3 Å². The molecule has 0 radical (unpaired) electrons. The van der Waals surface area contributed by atoms with Crippen LogP contribution in [0.2, 0.25) is 0 Å². The van der Waals surface area contributed by atoms with E-state index < -0.39 is 6.04 Å². The van der Waals surface area contributed by atoms with E-state index in [0.717, 1.165) is 18.7 Å². The van der Waals surface area contributed by atoms with Crippen molar-refractivity contribution in [2.45, 2.75) is 6.04 Å². The van der Waals surface area contributed by atoms with Gasteiger partial charge in [-0.15, -0.1) is 24.8 Å². The van der Waals surface area contributed by atoms with Crippen LogP contribution < -0.4 is 16.0 Å². The molecule has 1 aromatic heterocycles. The molecule has 1 unspecified atom stereocenters. The first-order chi connectivity index (χ1) is 13.5. The molecule has 0 aliphatic carbocycles. The number of carbonyl (C=O) groups is 2. The third-order valence-electron chi connectivity index (χ3n) is 4.52. The summed E-state index contributed by atoms with van der Waals surface area (Å²) in [4.78, 5) is 26.8. The molecule has 30 heavy (non-hydrogen) atoms. The summed E-state index contributed by atoms with van der Waals surface area (Å²) in [6.45, 7) is 3.20. The molecule has 1 aliphatic heterocycles. The zero-order valence-electron chi connectivity index (χ0n) is 17.0. The summed E-state index contributed by atoms with van der Waals surface area (Å²) in [5.74, 6) is -0.245. The second-order valence-corrected chi connectivity index (χ2v) is 6.67. The van der Waals surface area contributed by atoms with Crippen LogP contribution in [0.1, 0.15) is 11.6 Å². The van der Waals surface area contributed by atoms with E-state index in [-0.39, 0.29) is 36.6 Å². The largest absolute Gasteiger partial charge is 0.379 e. The van der Waals surface area contributed by atoms with Gasteiger partial charge in [-0.1, -0.05) is 0 Å². The molecule has 0 spiro atoms. The number of hydrogen-bond donors (Lipinski definition) is 3. The summed E-state index contributed by atoms with van der Waals surface area (Å²) in [6.07, 6.45) is 3.46. The SMILES string of the molecule is CNC(C(=O)Nc1ccc(NC(=O)CN2CCOCC2)cc1)c1cnn(C)c1.Cl.Cl. The van der Waals surface area contributed by atoms with Crippen LogP contribution in [0.25, 0.3) is 0 Å². The minimum absolute atomic E-state index is 0. The topological polar surface area (TPSA) is 101 Å². The van der Waals surface area contributed by atoms with Gasteiger partial charge in [0.2, 0.25) is 11.8 Å². The first-order valence-electron chi connectivity index (χ1n) is 9.22. The summed E-state index contributed by atoms with van der Waals surface area (Å²) < 4.78 is 6.94. The van der Waals surface area contributed by atoms with Crippen LogP contribution in [0.15, 0.2) is 36.7 Å². The molecular weight excluding hydrogens is 431 g/mol. The number of aromatic nitrogens is 2. The van der Waals surface area contributed by atoms with E-state index in [9.17, 15) is 9.59 Å². The van der Waals surface area contributed by atoms with Gasteiger partial charge in [0.05, 0.1) is 26.0 Å². The van der Waals surface area contributed by atoms with Gasteiger partial charge in [-0.05, 0) is 31.3 Å². The van der Waals surface area contributed by atoms with E-state index in [1.807, 2.05) is 0 Å². The lowest BCUT2D eigenvalue weighted by atomic mass is 10.1. The number of ether oxygens (including phenoxy) is 1. The highest BCUT2D eigenvalue weighted by atomic mass is 35.5. The number of benzene rings is 1. The Morgan fingerprint density at radius 1 is 1.10 bits per heavy atom. The molecule has 0 saturated carbocycles. The van der Waals surface area contributed by atoms with Gasteiger partial charge in [-0.3, -0.25) is 19.2 Å². The molecule has 11 heteroatoms. The van der Waals surface area contributed by atoms with Crippen molar-refractivity contribution in [3.63, 3.8) is 0 Å². The van der Waals surface area contributed by atoms with Gasteiger partial charge in [0.1, 0.15) is 6.04 Å². The molecule has 166 valence electrons. The first-order valence-corrected chi connectivity index (χ1v) is 9.22. The molecule has 2 amide bonds. The average molecular weight is 459 g/mol. The van der Waals surface area contributed by atoms with Crippen molar-refractivity contribution < 1.29 is 14.3 Å². The molecular formula is C19H28Cl2N6O3. The third-order valence-corrected chi connectivity index (χ3v) is 4.52. The van der Waals surface area contributed by atoms with E-state index >= 15 is 0 Å². The summed E-state index contributed by atoms with van der Waals surface area (Å²) in [7, 11) is 3.53. The van der Waals surface area contributed by atoms with Gasteiger partial charge in [-0.25, -0.2) is 0 Å². The Kier molecular flexibility index (Phi) is 10.8. The lowest BCUT2D eigenvalue weighted by Crippen LogP contribution is -2.41. The summed E-state index contributed by atoms with van der Waals surface area (Å²) >= 11 is 0. The van der Waals surface area contributed by atoms with Crippen LogP contribution in [0.4, 0.5) is 11.4 Å². The number of aryl methyl sites for hydroxylation is 1. The fraction of sp³-hybridized carbons (Fsp3) is 0.421. The van der Waals surface area contributed by atoms with Gasteiger partial charge in [0.25, 0.3) is 0 Å². The normalized spacial score (nSPS) is 14.7. The van der Waals surface area contributed by atoms with Crippen LogP contribution >= 0.6 is 24.8 Å². The Bertz CT molecular complexity index is 809. The highest BCUT2D eigenvalue weighted by Crippen LogP contribution is 2.17. The molecule has 2 aromatic rings. The number of amides is 2. The third kappa shape index (κ3) is 7.26. The fourth-order valence-corrected chi connectivity index (χ4v) is 3.05. The van der Waals surface area contributed by atoms with Crippen molar-refractivity contribution in [1.29, 1.82) is 0 Å². The van der Waals surface area contributed by atoms with Crippen molar-refractivity contribution in [3.8, 4) is 0 Å². The van der Waals surface area contributed by atoms with Crippen LogP contribution in [0.3, 0.4) is 0 Å². The van der Waals surface area contributed by atoms with Gasteiger partial charge in [0.15, 0.2) is 0 Å². The number of rotatable bonds is 7. The lowest BCUT2D eigenvalue weighted by molar-refractivity contribution is -0.119. The van der Waals surface area contributed by atoms with E-state index in [4.69, 9.17) is 4.74 Å². The molecule has 3 N–H and O–H groups in total. The number of nitrogens with zero attached hydrogens (tertiary/aromatic N) is 3. The number of nitrogens with one attached hydrogen (secondary N) is 3. The highest BCUT2D eigenvalue weighted by Gasteiger charge is 2.20. The maximum absolute atomic E-state index is 12.5. The molecule has 2 heterocycles. The molecule has 9 nitrogen and oxygen atoms in total. The Balaban J connectivity index is 0.00000225. The minimum atomic E-state index is -0.499. The van der Waals surface area contributed by atoms with E-state index in [1.54, 1.807) is 55.4 Å². The second-order valence-electron chi connectivity index (χ2n) is 6.67. The van der Waals surface area contributed by atoms with Gasteiger partial charge >= 0.3 is 0 Å². The summed E-state index contributed by atoms with van der Waals surface area (Å²) in [5, 5.41) is 12.8. The van der Waals surface area contributed by atoms with E-state index in [0.29, 0.717) is 31.1 Å². The van der Waals surface area contributed by atoms with Crippen molar-refractivity contribution in [2.75, 3.05) is 50.5 Å². The maximum Gasteiger partial charge on any atom is 0.246 e. The van der Waals surface area contributed by atoms with Crippen LogP contribution in [-0.4, -0.2) is 66.4 Å². The summed E-state index contributed by atoms with van der Waals surface area (Å²) in [5.41, 5.74) is 2.13. The average Bonchev–Trinajstić information content (AvgIpc) is 3.10. The van der Waals surface area contributed by atoms with Crippen molar-refractivity contribution in [1.82, 2.24) is 20.0 Å². The monoisotopic (exact) mass is 458 g/mol. The van der Waals surface area contributed by atoms with Crippen LogP contribution in [0, 0.1) is 0 Å². The number of halogens is 2. The lowest BCUT2D eigenvalue weighted by Gasteiger charge is -2.25. The highest BCUT2D eigenvalue weighted by molar-refractivity contribution is 5.96. The van der Waals surface area contributed by atoms with Crippen molar-refractivity contribution in [3.05, 3.63) is 42.2 Å². The Morgan fingerprint density at radius 3 is 2.23 bits per heavy atom. The second kappa shape index (κ2) is 12.5. The molecule has 1 aliphatic rings. The van der Waals surface area contributed by atoms with Crippen molar-refractivity contribution in [2.24, 2.45) is 7.05 Å². The molecule has 1 saturated heterocycles. The Morgan fingerprint density at radius 2 is 1.70 bits per heavy atom. The van der Waals surface area contributed by atoms with Gasteiger partial charge < -0.3 is 20.7 Å². The van der Waals surface area contributed by atoms with Crippen LogP contribution in [0.5, 0.6) is 0 Å². The number of anilines is 2. The zero-order chi connectivity index (χ0) is 19.9. The molecule has 1 fully saturated rings. The number of likely N-dealkylation sites (N-methyl/N-ethyl adjacent to an activating group) is 1. The fourth-order valence-electron chi connectivity index (χ4n) is 3.05. The molecule has 3 rings (SSSR count). The molecule has 0 bridgehead atoms. The van der Waals surface area contributed by atoms with Gasteiger partial charge in [-0.2, -0.15) is 5.10 Å². The standard InChI is InChI=1S/C19H26N6O3.2ClH/c1-20-18(14-11-21-24(2)12-14)19(27)23-16-5-3-15(4-6-16)22-17(26)13-25-7-9-28-10-8-25;;/h3-6,11-12,18,20H,7-10,13H2,1-2H3,(H,22,26)(H,23,27);2*1H. The predicted molar refractivity (Wildman–Crippen MR) is 120 cm³/mol. The molecule has 1 aromatic carbocycles. The smallest absolute Gasteiger partial charge is 0.246 e. The van der Waals surface area contributed by atoms with Crippen molar-refractivity contribution >= 4 is 48.0 Å². The van der Waals surface area contributed by atoms with E-state index in [2.05, 4.69) is 25.9 Å². The number of carbonyl (C=O) groups excluding carboxylic acids is 2. The maximum atomic E-state index is 12.5. The van der Waals surface area contributed by atoms with Crippen LogP contribution in [-0.2, 0) is 21.4 Å². The Labute approximate surface area is 188 Å². The Hall–Kier alpha value is -2.17.